The summed E-state index contributed by atoms with van der Waals surface area (Å²) >= 11 is 0. The van der Waals surface area contributed by atoms with Gasteiger partial charge in [0.25, 0.3) is 0 Å². The maximum atomic E-state index is 5.06. The minimum Gasteiger partial charge on any atom is -0.282 e. The number of nitrogens with zero attached hydrogens (tertiary/aromatic N) is 1. The number of fused-ring (bicyclic) bond motifs is 1. The molecule has 1 saturated carbocycles. The summed E-state index contributed by atoms with van der Waals surface area (Å²) in [4.78, 5) is 5.06. The van der Waals surface area contributed by atoms with Crippen LogP contribution < -0.4 is 5.48 Å². The molecular formula is C8H14NO. The Bertz CT molecular complexity index is 89.8. The molecular weight excluding hydrogens is 126 g/mol. The van der Waals surface area contributed by atoms with Crippen LogP contribution in [0.25, 0.3) is 0 Å². The summed E-state index contributed by atoms with van der Waals surface area (Å²) in [5, 5.41) is 0. The highest BCUT2D eigenvalue weighted by atomic mass is 16.6. The molecule has 1 aliphatic carbocycles. The van der Waals surface area contributed by atoms with Gasteiger partial charge >= 0.3 is 0 Å². The third-order valence-electron chi connectivity index (χ3n) is 2.76. The Kier molecular flexibility index (Phi) is 1.91. The van der Waals surface area contributed by atoms with E-state index in [-0.39, 0.29) is 0 Å². The van der Waals surface area contributed by atoms with E-state index in [0.717, 1.165) is 25.0 Å². The minimum atomic E-state index is 0.839. The first kappa shape index (κ1) is 6.62. The van der Waals surface area contributed by atoms with E-state index in [9.17, 15) is 0 Å². The molecule has 2 nitrogen and oxygen atoms in total. The summed E-state index contributed by atoms with van der Waals surface area (Å²) in [6.07, 6.45) is 5.58. The van der Waals surface area contributed by atoms with Gasteiger partial charge < -0.3 is 0 Å². The molecule has 2 heteroatoms. The van der Waals surface area contributed by atoms with Gasteiger partial charge in [-0.3, -0.25) is 4.84 Å². The topological polar surface area (TPSA) is 23.3 Å². The fourth-order valence-corrected chi connectivity index (χ4v) is 2.04. The molecule has 2 atom stereocenters. The Morgan fingerprint density at radius 3 is 2.70 bits per heavy atom. The van der Waals surface area contributed by atoms with Gasteiger partial charge in [-0.15, -0.1) is 0 Å². The highest BCUT2D eigenvalue weighted by Crippen LogP contribution is 2.31. The Balaban J connectivity index is 1.93. The van der Waals surface area contributed by atoms with Gasteiger partial charge in [-0.25, -0.2) is 0 Å². The fourth-order valence-electron chi connectivity index (χ4n) is 2.04. The second-order valence-electron chi connectivity index (χ2n) is 3.41. The molecule has 2 unspecified atom stereocenters. The molecule has 1 saturated heterocycles. The molecule has 1 heterocycles. The Morgan fingerprint density at radius 2 is 1.90 bits per heavy atom. The molecule has 2 aliphatic rings. The van der Waals surface area contributed by atoms with E-state index in [1.165, 1.54) is 25.7 Å². The average molecular weight is 140 g/mol. The predicted molar refractivity (Wildman–Crippen MR) is 38.4 cm³/mol. The number of hydrogen-bond acceptors (Lipinski definition) is 1. The Hall–Kier alpha value is -0.0800. The summed E-state index contributed by atoms with van der Waals surface area (Å²) in [6, 6.07) is 0. The van der Waals surface area contributed by atoms with E-state index < -0.39 is 0 Å². The van der Waals surface area contributed by atoms with Crippen LogP contribution in [0.15, 0.2) is 0 Å². The van der Waals surface area contributed by atoms with Gasteiger partial charge in [0.15, 0.2) is 0 Å². The van der Waals surface area contributed by atoms with Gasteiger partial charge in [-0.05, 0) is 24.7 Å². The summed E-state index contributed by atoms with van der Waals surface area (Å²) in [5.74, 6) is 1.70. The molecule has 2 fully saturated rings. The van der Waals surface area contributed by atoms with Crippen molar-refractivity contribution in [3.05, 3.63) is 0 Å². The molecule has 0 aromatic rings. The number of rotatable bonds is 0. The monoisotopic (exact) mass is 140 g/mol. The first-order valence-corrected chi connectivity index (χ1v) is 4.25. The third-order valence-corrected chi connectivity index (χ3v) is 2.76. The van der Waals surface area contributed by atoms with E-state index in [4.69, 9.17) is 4.84 Å². The van der Waals surface area contributed by atoms with Crippen molar-refractivity contribution in [2.45, 2.75) is 25.7 Å². The lowest BCUT2D eigenvalue weighted by atomic mass is 9.79. The van der Waals surface area contributed by atoms with Crippen LogP contribution in [0.3, 0.4) is 0 Å². The third kappa shape index (κ3) is 1.18. The largest absolute Gasteiger partial charge is 0.282 e. The number of hydroxylamine groups is 1. The average Bonchev–Trinajstić information content (AvgIpc) is 2.05. The van der Waals surface area contributed by atoms with Gasteiger partial charge in [0.05, 0.1) is 6.61 Å². The van der Waals surface area contributed by atoms with E-state index in [2.05, 4.69) is 5.48 Å². The lowest BCUT2D eigenvalue weighted by Crippen LogP contribution is -2.36. The first-order valence-electron chi connectivity index (χ1n) is 4.25. The van der Waals surface area contributed by atoms with Crippen LogP contribution in [0.5, 0.6) is 0 Å². The zero-order valence-electron chi connectivity index (χ0n) is 6.25. The second kappa shape index (κ2) is 2.89. The SMILES string of the molecule is C1CCC2CO[N]CC2C1. The van der Waals surface area contributed by atoms with Crippen molar-refractivity contribution in [1.29, 1.82) is 0 Å². The molecule has 57 valence electrons. The summed E-state index contributed by atoms with van der Waals surface area (Å²) in [6.45, 7) is 1.86. The lowest BCUT2D eigenvalue weighted by Gasteiger charge is -2.33. The fraction of sp³-hybridized carbons (Fsp3) is 1.00. The highest BCUT2D eigenvalue weighted by Gasteiger charge is 2.28. The van der Waals surface area contributed by atoms with Gasteiger partial charge in [0.1, 0.15) is 0 Å². The minimum absolute atomic E-state index is 0.839. The molecule has 10 heavy (non-hydrogen) atoms. The molecule has 0 spiro atoms. The van der Waals surface area contributed by atoms with Gasteiger partial charge in [0, 0.05) is 6.54 Å². The van der Waals surface area contributed by atoms with Crippen molar-refractivity contribution in [3.8, 4) is 0 Å². The van der Waals surface area contributed by atoms with Crippen LogP contribution in [-0.2, 0) is 4.84 Å². The summed E-state index contributed by atoms with van der Waals surface area (Å²) in [5.41, 5.74) is 3.96. The lowest BCUT2D eigenvalue weighted by molar-refractivity contribution is -0.0656. The van der Waals surface area contributed by atoms with Gasteiger partial charge in [0.2, 0.25) is 0 Å². The molecule has 0 bridgehead atoms. The van der Waals surface area contributed by atoms with Crippen molar-refractivity contribution in [2.24, 2.45) is 11.8 Å². The molecule has 0 amide bonds. The Labute approximate surface area is 61.9 Å². The van der Waals surface area contributed by atoms with Crippen LogP contribution in [0, 0.1) is 11.8 Å². The first-order chi connectivity index (χ1) is 4.97. The van der Waals surface area contributed by atoms with Crippen LogP contribution in [0.4, 0.5) is 0 Å². The van der Waals surface area contributed by atoms with Crippen LogP contribution in [0.2, 0.25) is 0 Å². The maximum absolute atomic E-state index is 5.06. The van der Waals surface area contributed by atoms with Crippen molar-refractivity contribution < 1.29 is 4.84 Å². The van der Waals surface area contributed by atoms with E-state index in [1.54, 1.807) is 0 Å². The normalized spacial score (nSPS) is 40.8. The Morgan fingerprint density at radius 1 is 1.10 bits per heavy atom. The molecule has 2 rings (SSSR count). The molecule has 1 radical (unpaired) electrons. The van der Waals surface area contributed by atoms with Crippen LogP contribution >= 0.6 is 0 Å². The van der Waals surface area contributed by atoms with Crippen molar-refractivity contribution in [2.75, 3.05) is 13.2 Å². The maximum Gasteiger partial charge on any atom is 0.0734 e. The van der Waals surface area contributed by atoms with E-state index in [0.29, 0.717) is 0 Å². The standard InChI is InChI=1S/C8H14NO/c1-2-4-8-6-10-9-5-7(8)3-1/h7-8H,1-6H2. The van der Waals surface area contributed by atoms with E-state index in [1.807, 2.05) is 0 Å². The smallest absolute Gasteiger partial charge is 0.0734 e. The van der Waals surface area contributed by atoms with Crippen molar-refractivity contribution in [3.63, 3.8) is 0 Å². The quantitative estimate of drug-likeness (QED) is 0.498. The molecule has 0 aromatic carbocycles. The summed E-state index contributed by atoms with van der Waals surface area (Å²) in [7, 11) is 0. The molecule has 0 N–H and O–H groups in total. The zero-order valence-corrected chi connectivity index (χ0v) is 6.25. The molecule has 1 aliphatic heterocycles. The van der Waals surface area contributed by atoms with Crippen LogP contribution in [-0.4, -0.2) is 13.2 Å². The van der Waals surface area contributed by atoms with E-state index >= 15 is 0 Å². The number of hydrogen-bond donors (Lipinski definition) is 0. The van der Waals surface area contributed by atoms with Crippen molar-refractivity contribution >= 4 is 0 Å². The predicted octanol–water partition coefficient (Wildman–Crippen LogP) is 1.34. The summed E-state index contributed by atoms with van der Waals surface area (Å²) < 4.78 is 0. The van der Waals surface area contributed by atoms with Gasteiger partial charge in [-0.1, -0.05) is 18.3 Å². The van der Waals surface area contributed by atoms with Crippen LogP contribution in [0.1, 0.15) is 25.7 Å². The van der Waals surface area contributed by atoms with Crippen molar-refractivity contribution in [1.82, 2.24) is 5.48 Å². The molecule has 0 aromatic heterocycles. The zero-order chi connectivity index (χ0) is 6.81. The highest BCUT2D eigenvalue weighted by molar-refractivity contribution is 4.77. The second-order valence-corrected chi connectivity index (χ2v) is 3.41. The van der Waals surface area contributed by atoms with Gasteiger partial charge in [-0.2, -0.15) is 0 Å².